The van der Waals surface area contributed by atoms with Crippen LogP contribution >= 0.6 is 0 Å². The molecule has 5 aromatic carbocycles. The molecule has 1 N–H and O–H groups in total. The molecule has 0 spiro atoms. The third kappa shape index (κ3) is 2.85. The molecule has 1 heteroatoms. The molecule has 0 atom stereocenters. The molecule has 0 unspecified atom stereocenters. The largest absolute Gasteiger partial charge is 0.355 e. The lowest BCUT2D eigenvalue weighted by atomic mass is 9.82. The van der Waals surface area contributed by atoms with Gasteiger partial charge in [-0.25, -0.2) is 0 Å². The summed E-state index contributed by atoms with van der Waals surface area (Å²) in [5, 5.41) is 6.27. The SMILES string of the molecule is CC1(C)c2ccc(-c3ccccc3)cc2-c2c(Nc3cccc4ccccc34)cccc21. The van der Waals surface area contributed by atoms with E-state index < -0.39 is 0 Å². The number of anilines is 2. The summed E-state index contributed by atoms with van der Waals surface area (Å²) in [6.07, 6.45) is 0. The Morgan fingerprint density at radius 3 is 2.16 bits per heavy atom. The molecule has 0 saturated carbocycles. The van der Waals surface area contributed by atoms with Crippen molar-refractivity contribution in [2.45, 2.75) is 19.3 Å². The summed E-state index contributed by atoms with van der Waals surface area (Å²) >= 11 is 0. The Morgan fingerprint density at radius 1 is 0.562 bits per heavy atom. The smallest absolute Gasteiger partial charge is 0.0467 e. The fraction of sp³-hybridized carbons (Fsp3) is 0.0968. The number of fused-ring (bicyclic) bond motifs is 4. The van der Waals surface area contributed by atoms with Gasteiger partial charge in [-0.3, -0.25) is 0 Å². The standard InChI is InChI=1S/C31H25N/c1-31(2)26-19-18-23(21-10-4-3-5-11-21)20-25(26)30-27(31)15-9-17-29(30)32-28-16-8-13-22-12-6-7-14-24(22)28/h3-20,32H,1-2H3. The van der Waals surface area contributed by atoms with Crippen LogP contribution in [0, 0.1) is 0 Å². The number of benzene rings is 5. The third-order valence-corrected chi connectivity index (χ3v) is 6.87. The zero-order valence-electron chi connectivity index (χ0n) is 18.4. The van der Waals surface area contributed by atoms with E-state index in [1.165, 1.54) is 44.2 Å². The van der Waals surface area contributed by atoms with Crippen LogP contribution in [0.4, 0.5) is 11.4 Å². The molecule has 1 aliphatic rings. The summed E-state index contributed by atoms with van der Waals surface area (Å²) < 4.78 is 0. The summed E-state index contributed by atoms with van der Waals surface area (Å²) in [6.45, 7) is 4.67. The van der Waals surface area contributed by atoms with Crippen molar-refractivity contribution < 1.29 is 0 Å². The van der Waals surface area contributed by atoms with Gasteiger partial charge in [-0.1, -0.05) is 105 Å². The molecular formula is C31H25N. The molecule has 1 nitrogen and oxygen atoms in total. The molecule has 0 bridgehead atoms. The van der Waals surface area contributed by atoms with Gasteiger partial charge in [0.05, 0.1) is 0 Å². The zero-order valence-corrected chi connectivity index (χ0v) is 18.4. The Morgan fingerprint density at radius 2 is 1.28 bits per heavy atom. The zero-order chi connectivity index (χ0) is 21.7. The highest BCUT2D eigenvalue weighted by atomic mass is 14.9. The average Bonchev–Trinajstić information content (AvgIpc) is 3.07. The highest BCUT2D eigenvalue weighted by Gasteiger charge is 2.36. The molecule has 0 aliphatic heterocycles. The molecule has 1 aliphatic carbocycles. The van der Waals surface area contributed by atoms with E-state index in [-0.39, 0.29) is 5.41 Å². The lowest BCUT2D eigenvalue weighted by molar-refractivity contribution is 0.660. The van der Waals surface area contributed by atoms with Crippen molar-refractivity contribution in [1.29, 1.82) is 0 Å². The van der Waals surface area contributed by atoms with Gasteiger partial charge < -0.3 is 5.32 Å². The van der Waals surface area contributed by atoms with Gasteiger partial charge >= 0.3 is 0 Å². The van der Waals surface area contributed by atoms with Gasteiger partial charge in [-0.05, 0) is 51.4 Å². The average molecular weight is 412 g/mol. The van der Waals surface area contributed by atoms with Crippen molar-refractivity contribution in [3.05, 3.63) is 120 Å². The second kappa shape index (κ2) is 7.10. The minimum absolute atomic E-state index is 0.0314. The second-order valence-electron chi connectivity index (χ2n) is 9.13. The minimum Gasteiger partial charge on any atom is -0.355 e. The Balaban J connectivity index is 1.54. The fourth-order valence-corrected chi connectivity index (χ4v) is 5.20. The van der Waals surface area contributed by atoms with Crippen molar-refractivity contribution >= 4 is 22.1 Å². The van der Waals surface area contributed by atoms with Crippen LogP contribution in [-0.4, -0.2) is 0 Å². The first-order valence-corrected chi connectivity index (χ1v) is 11.2. The fourth-order valence-electron chi connectivity index (χ4n) is 5.20. The maximum absolute atomic E-state index is 3.79. The molecule has 0 saturated heterocycles. The van der Waals surface area contributed by atoms with Crippen LogP contribution in [0.3, 0.4) is 0 Å². The van der Waals surface area contributed by atoms with Gasteiger partial charge in [0.15, 0.2) is 0 Å². The Bertz CT molecular complexity index is 1460. The Labute approximate surface area is 189 Å². The predicted molar refractivity (Wildman–Crippen MR) is 137 cm³/mol. The molecular weight excluding hydrogens is 386 g/mol. The molecule has 0 heterocycles. The van der Waals surface area contributed by atoms with Gasteiger partial charge in [0, 0.05) is 27.7 Å². The van der Waals surface area contributed by atoms with Crippen molar-refractivity contribution in [2.75, 3.05) is 5.32 Å². The lowest BCUT2D eigenvalue weighted by Gasteiger charge is -2.22. The summed E-state index contributed by atoms with van der Waals surface area (Å²) in [6, 6.07) is 39.3. The summed E-state index contributed by atoms with van der Waals surface area (Å²) in [5.74, 6) is 0. The molecule has 0 fully saturated rings. The first kappa shape index (κ1) is 18.9. The van der Waals surface area contributed by atoms with E-state index in [9.17, 15) is 0 Å². The van der Waals surface area contributed by atoms with Crippen LogP contribution in [0.5, 0.6) is 0 Å². The second-order valence-corrected chi connectivity index (χ2v) is 9.13. The van der Waals surface area contributed by atoms with Crippen LogP contribution < -0.4 is 5.32 Å². The molecule has 0 radical (unpaired) electrons. The van der Waals surface area contributed by atoms with Crippen LogP contribution in [0.15, 0.2) is 109 Å². The maximum atomic E-state index is 3.79. The van der Waals surface area contributed by atoms with Gasteiger partial charge in [0.25, 0.3) is 0 Å². The van der Waals surface area contributed by atoms with Crippen LogP contribution in [0.25, 0.3) is 33.0 Å². The third-order valence-electron chi connectivity index (χ3n) is 6.87. The molecule has 0 amide bonds. The normalized spacial score (nSPS) is 13.6. The van der Waals surface area contributed by atoms with Crippen molar-refractivity contribution in [3.63, 3.8) is 0 Å². The van der Waals surface area contributed by atoms with E-state index in [1.54, 1.807) is 0 Å². The first-order valence-electron chi connectivity index (χ1n) is 11.2. The Hall–Kier alpha value is -3.84. The van der Waals surface area contributed by atoms with Gasteiger partial charge in [-0.15, -0.1) is 0 Å². The number of hydrogen-bond donors (Lipinski definition) is 1. The molecule has 32 heavy (non-hydrogen) atoms. The topological polar surface area (TPSA) is 12.0 Å². The summed E-state index contributed by atoms with van der Waals surface area (Å²) in [4.78, 5) is 0. The van der Waals surface area contributed by atoms with E-state index in [4.69, 9.17) is 0 Å². The van der Waals surface area contributed by atoms with Crippen LogP contribution in [0.2, 0.25) is 0 Å². The first-order chi connectivity index (χ1) is 15.6. The van der Waals surface area contributed by atoms with E-state index in [2.05, 4.69) is 128 Å². The van der Waals surface area contributed by atoms with E-state index >= 15 is 0 Å². The number of nitrogens with one attached hydrogen (secondary N) is 1. The predicted octanol–water partition coefficient (Wildman–Crippen LogP) is 8.56. The van der Waals surface area contributed by atoms with E-state index in [1.807, 2.05) is 0 Å². The molecule has 154 valence electrons. The monoisotopic (exact) mass is 411 g/mol. The van der Waals surface area contributed by atoms with Gasteiger partial charge in [0.2, 0.25) is 0 Å². The maximum Gasteiger partial charge on any atom is 0.0467 e. The molecule has 5 aromatic rings. The molecule has 6 rings (SSSR count). The van der Waals surface area contributed by atoms with Crippen LogP contribution in [0.1, 0.15) is 25.0 Å². The van der Waals surface area contributed by atoms with Crippen molar-refractivity contribution in [1.82, 2.24) is 0 Å². The number of hydrogen-bond acceptors (Lipinski definition) is 1. The van der Waals surface area contributed by atoms with E-state index in [0.717, 1.165) is 11.4 Å². The minimum atomic E-state index is -0.0314. The number of rotatable bonds is 3. The quantitative estimate of drug-likeness (QED) is 0.313. The van der Waals surface area contributed by atoms with Gasteiger partial charge in [-0.2, -0.15) is 0 Å². The van der Waals surface area contributed by atoms with Crippen molar-refractivity contribution in [3.8, 4) is 22.3 Å². The highest BCUT2D eigenvalue weighted by Crippen LogP contribution is 2.52. The van der Waals surface area contributed by atoms with Crippen molar-refractivity contribution in [2.24, 2.45) is 0 Å². The highest BCUT2D eigenvalue weighted by molar-refractivity contribution is 5.99. The van der Waals surface area contributed by atoms with Crippen LogP contribution in [-0.2, 0) is 5.41 Å². The summed E-state index contributed by atoms with van der Waals surface area (Å²) in [5.41, 5.74) is 10.2. The Kier molecular flexibility index (Phi) is 4.19. The van der Waals surface area contributed by atoms with Gasteiger partial charge in [0.1, 0.15) is 0 Å². The van der Waals surface area contributed by atoms with E-state index in [0.29, 0.717) is 0 Å². The lowest BCUT2D eigenvalue weighted by Crippen LogP contribution is -2.14. The summed E-state index contributed by atoms with van der Waals surface area (Å²) in [7, 11) is 0. The molecule has 0 aromatic heterocycles.